The van der Waals surface area contributed by atoms with Crippen LogP contribution in [0.3, 0.4) is 0 Å². The summed E-state index contributed by atoms with van der Waals surface area (Å²) in [7, 11) is 0. The lowest BCUT2D eigenvalue weighted by Gasteiger charge is -2.07. The highest BCUT2D eigenvalue weighted by Crippen LogP contribution is 2.37. The third-order valence-electron chi connectivity index (χ3n) is 3.16. The number of rotatable bonds is 4. The van der Waals surface area contributed by atoms with Crippen molar-refractivity contribution in [1.82, 2.24) is 9.55 Å². The van der Waals surface area contributed by atoms with Crippen molar-refractivity contribution in [2.45, 2.75) is 25.8 Å². The zero-order valence-electron chi connectivity index (χ0n) is 10.0. The maximum absolute atomic E-state index is 5.41. The van der Waals surface area contributed by atoms with Gasteiger partial charge in [-0.2, -0.15) is 0 Å². The van der Waals surface area contributed by atoms with Gasteiger partial charge in [0.15, 0.2) is 0 Å². The van der Waals surface area contributed by atoms with E-state index in [0.717, 1.165) is 16.8 Å². The van der Waals surface area contributed by atoms with E-state index in [4.69, 9.17) is 4.74 Å². The molecule has 1 fully saturated rings. The molecule has 1 aliphatic carbocycles. The lowest BCUT2D eigenvalue weighted by atomic mass is 10.2. The van der Waals surface area contributed by atoms with Gasteiger partial charge in [-0.25, -0.2) is 4.98 Å². The van der Waals surface area contributed by atoms with Crippen molar-refractivity contribution < 1.29 is 4.74 Å². The predicted octanol–water partition coefficient (Wildman–Crippen LogP) is 3.38. The van der Waals surface area contributed by atoms with Gasteiger partial charge in [0.05, 0.1) is 24.0 Å². The highest BCUT2D eigenvalue weighted by Gasteiger charge is 2.24. The molecule has 0 atom stereocenters. The first-order chi connectivity index (χ1) is 8.29. The van der Waals surface area contributed by atoms with Crippen LogP contribution in [0.2, 0.25) is 0 Å². The molecule has 0 amide bonds. The summed E-state index contributed by atoms with van der Waals surface area (Å²) in [6.07, 6.45) is 4.49. The van der Waals surface area contributed by atoms with Gasteiger partial charge in [-0.15, -0.1) is 0 Å². The maximum atomic E-state index is 5.41. The molecule has 0 unspecified atom stereocenters. The molecule has 0 saturated heterocycles. The molecule has 3 nitrogen and oxygen atoms in total. The van der Waals surface area contributed by atoms with Crippen molar-refractivity contribution in [3.8, 4) is 0 Å². The maximum Gasteiger partial charge on any atom is 0.119 e. The van der Waals surface area contributed by atoms with Crippen molar-refractivity contribution in [1.29, 1.82) is 0 Å². The fourth-order valence-electron chi connectivity index (χ4n) is 2.11. The predicted molar refractivity (Wildman–Crippen MR) is 68.7 cm³/mol. The van der Waals surface area contributed by atoms with E-state index in [1.165, 1.54) is 18.4 Å². The minimum Gasteiger partial charge on any atom is -0.494 e. The van der Waals surface area contributed by atoms with Crippen molar-refractivity contribution >= 4 is 16.8 Å². The van der Waals surface area contributed by atoms with Gasteiger partial charge < -0.3 is 9.30 Å². The molecule has 3 heteroatoms. The number of hydrogen-bond acceptors (Lipinski definition) is 2. The second-order valence-electron chi connectivity index (χ2n) is 4.44. The van der Waals surface area contributed by atoms with Gasteiger partial charge in [-0.3, -0.25) is 0 Å². The van der Waals surface area contributed by atoms with Crippen molar-refractivity contribution in [3.05, 3.63) is 36.7 Å². The van der Waals surface area contributed by atoms with Gasteiger partial charge in [-0.1, -0.05) is 6.58 Å². The highest BCUT2D eigenvalue weighted by molar-refractivity contribution is 5.79. The van der Waals surface area contributed by atoms with Crippen LogP contribution in [0.5, 0.6) is 0 Å². The molecule has 0 spiro atoms. The molecule has 1 saturated carbocycles. The summed E-state index contributed by atoms with van der Waals surface area (Å²) < 4.78 is 7.68. The Morgan fingerprint density at radius 3 is 3.06 bits per heavy atom. The van der Waals surface area contributed by atoms with Crippen LogP contribution in [0.15, 0.2) is 31.1 Å². The smallest absolute Gasteiger partial charge is 0.119 e. The van der Waals surface area contributed by atoms with Crippen molar-refractivity contribution in [2.75, 3.05) is 6.61 Å². The Bertz CT molecular complexity index is 567. The molecule has 0 aliphatic heterocycles. The fourth-order valence-corrected chi connectivity index (χ4v) is 2.11. The molecule has 1 heterocycles. The Balaban J connectivity index is 1.99. The minimum absolute atomic E-state index is 0.646. The van der Waals surface area contributed by atoms with Gasteiger partial charge in [0.2, 0.25) is 0 Å². The summed E-state index contributed by atoms with van der Waals surface area (Å²) >= 11 is 0. The molecule has 2 aromatic rings. The third kappa shape index (κ3) is 1.82. The third-order valence-corrected chi connectivity index (χ3v) is 3.16. The Morgan fingerprint density at radius 2 is 2.35 bits per heavy atom. The van der Waals surface area contributed by atoms with Gasteiger partial charge in [0.1, 0.15) is 5.76 Å². The molecule has 3 rings (SSSR count). The van der Waals surface area contributed by atoms with Crippen molar-refractivity contribution in [3.63, 3.8) is 0 Å². The van der Waals surface area contributed by atoms with E-state index in [1.54, 1.807) is 0 Å². The summed E-state index contributed by atoms with van der Waals surface area (Å²) in [5.74, 6) is 0.718. The summed E-state index contributed by atoms with van der Waals surface area (Å²) in [4.78, 5) is 4.45. The van der Waals surface area contributed by atoms with Crippen LogP contribution in [0.25, 0.3) is 16.8 Å². The standard InChI is InChI=1S/C14H16N2O/c1-3-17-10(2)11-4-7-14-13(8-11)15-9-16(14)12-5-6-12/h4,7-9,12H,2-3,5-6H2,1H3. The minimum atomic E-state index is 0.646. The first-order valence-corrected chi connectivity index (χ1v) is 6.08. The lowest BCUT2D eigenvalue weighted by Crippen LogP contribution is -1.92. The molecule has 1 aromatic heterocycles. The second-order valence-corrected chi connectivity index (χ2v) is 4.44. The average molecular weight is 228 g/mol. The van der Waals surface area contributed by atoms with Gasteiger partial charge in [0.25, 0.3) is 0 Å². The lowest BCUT2D eigenvalue weighted by molar-refractivity contribution is 0.299. The second kappa shape index (κ2) is 3.91. The number of imidazole rings is 1. The van der Waals surface area contributed by atoms with Gasteiger partial charge in [0, 0.05) is 11.6 Å². The SMILES string of the molecule is C=C(OCC)c1ccc2c(c1)ncn2C1CC1. The monoisotopic (exact) mass is 228 g/mol. The zero-order valence-corrected chi connectivity index (χ0v) is 10.0. The molecule has 0 bridgehead atoms. The van der Waals surface area contributed by atoms with Crippen LogP contribution in [-0.2, 0) is 4.74 Å². The van der Waals surface area contributed by atoms with E-state index in [1.807, 2.05) is 19.3 Å². The molecule has 17 heavy (non-hydrogen) atoms. The summed E-state index contributed by atoms with van der Waals surface area (Å²) in [5, 5.41) is 0. The Labute approximate surface area is 101 Å². The highest BCUT2D eigenvalue weighted by atomic mass is 16.5. The molecule has 88 valence electrons. The van der Waals surface area contributed by atoms with E-state index < -0.39 is 0 Å². The number of hydrogen-bond donors (Lipinski definition) is 0. The number of aromatic nitrogens is 2. The number of nitrogens with zero attached hydrogens (tertiary/aromatic N) is 2. The van der Waals surface area contributed by atoms with E-state index >= 15 is 0 Å². The number of ether oxygens (including phenoxy) is 1. The first-order valence-electron chi connectivity index (χ1n) is 6.08. The topological polar surface area (TPSA) is 27.1 Å². The Morgan fingerprint density at radius 1 is 1.53 bits per heavy atom. The number of fused-ring (bicyclic) bond motifs is 1. The molecule has 1 aliphatic rings. The number of benzene rings is 1. The Kier molecular flexibility index (Phi) is 2.39. The van der Waals surface area contributed by atoms with E-state index in [2.05, 4.69) is 28.3 Å². The van der Waals surface area contributed by atoms with E-state index in [-0.39, 0.29) is 0 Å². The van der Waals surface area contributed by atoms with Crippen LogP contribution in [0.1, 0.15) is 31.4 Å². The molecular formula is C14H16N2O. The van der Waals surface area contributed by atoms with Crippen LogP contribution in [0.4, 0.5) is 0 Å². The molecule has 0 N–H and O–H groups in total. The van der Waals surface area contributed by atoms with Gasteiger partial charge in [-0.05, 0) is 38.0 Å². The average Bonchev–Trinajstić information content (AvgIpc) is 3.09. The molecule has 0 radical (unpaired) electrons. The normalized spacial score (nSPS) is 15.1. The largest absolute Gasteiger partial charge is 0.494 e. The van der Waals surface area contributed by atoms with E-state index in [0.29, 0.717) is 12.6 Å². The molecule has 1 aromatic carbocycles. The van der Waals surface area contributed by atoms with Crippen LogP contribution >= 0.6 is 0 Å². The zero-order chi connectivity index (χ0) is 11.8. The Hall–Kier alpha value is -1.77. The van der Waals surface area contributed by atoms with Crippen LogP contribution in [0, 0.1) is 0 Å². The fraction of sp³-hybridized carbons (Fsp3) is 0.357. The van der Waals surface area contributed by atoms with Crippen LogP contribution < -0.4 is 0 Å². The summed E-state index contributed by atoms with van der Waals surface area (Å²) in [6, 6.07) is 6.88. The van der Waals surface area contributed by atoms with Gasteiger partial charge >= 0.3 is 0 Å². The molecular weight excluding hydrogens is 212 g/mol. The van der Waals surface area contributed by atoms with Crippen molar-refractivity contribution in [2.24, 2.45) is 0 Å². The van der Waals surface area contributed by atoms with E-state index in [9.17, 15) is 0 Å². The van der Waals surface area contributed by atoms with Crippen LogP contribution in [-0.4, -0.2) is 16.2 Å². The summed E-state index contributed by atoms with van der Waals surface area (Å²) in [5.41, 5.74) is 3.25. The quantitative estimate of drug-likeness (QED) is 0.750. The first kappa shape index (κ1) is 10.4. The summed E-state index contributed by atoms with van der Waals surface area (Å²) in [6.45, 7) is 6.53.